The molecule has 0 aromatic heterocycles. The number of rotatable bonds is 6. The summed E-state index contributed by atoms with van der Waals surface area (Å²) in [6.07, 6.45) is 2.68. The van der Waals surface area contributed by atoms with Crippen LogP contribution in [-0.4, -0.2) is 24.0 Å². The van der Waals surface area contributed by atoms with Crippen LogP contribution in [-0.2, 0) is 0 Å². The van der Waals surface area contributed by atoms with Crippen molar-refractivity contribution in [2.45, 2.75) is 52.6 Å². The smallest absolute Gasteiger partial charge is 0.0478 e. The summed E-state index contributed by atoms with van der Waals surface area (Å²) in [4.78, 5) is 2.65. The second-order valence-corrected chi connectivity index (χ2v) is 6.38. The molecule has 0 spiro atoms. The minimum Gasteiger partial charge on any atom is -0.329 e. The summed E-state index contributed by atoms with van der Waals surface area (Å²) in [5, 5.41) is 0. The van der Waals surface area contributed by atoms with Crippen LogP contribution in [0.4, 0.5) is 0 Å². The molecule has 1 unspecified atom stereocenters. The first-order chi connectivity index (χ1) is 9.04. The standard InChI is InChI=1S/C17H28N2/c1-12(2)11-19(15-8-9-15)16(10-18)17-13(3)6-5-7-14(17)4/h5-7,12,15-16H,8-11,18H2,1-4H3. The summed E-state index contributed by atoms with van der Waals surface area (Å²) in [5.41, 5.74) is 10.4. The van der Waals surface area contributed by atoms with Crippen LogP contribution >= 0.6 is 0 Å². The van der Waals surface area contributed by atoms with Crippen molar-refractivity contribution in [2.24, 2.45) is 11.7 Å². The molecule has 1 aliphatic carbocycles. The molecule has 0 saturated heterocycles. The molecule has 1 aromatic rings. The zero-order chi connectivity index (χ0) is 14.0. The van der Waals surface area contributed by atoms with E-state index in [0.29, 0.717) is 12.0 Å². The highest BCUT2D eigenvalue weighted by Gasteiger charge is 2.35. The highest BCUT2D eigenvalue weighted by Crippen LogP contribution is 2.36. The van der Waals surface area contributed by atoms with Gasteiger partial charge in [0.1, 0.15) is 0 Å². The van der Waals surface area contributed by atoms with Gasteiger partial charge in [-0.25, -0.2) is 0 Å². The van der Waals surface area contributed by atoms with E-state index < -0.39 is 0 Å². The average molecular weight is 260 g/mol. The fourth-order valence-corrected chi connectivity index (χ4v) is 3.13. The molecule has 0 amide bonds. The summed E-state index contributed by atoms with van der Waals surface area (Å²) in [6.45, 7) is 10.9. The van der Waals surface area contributed by atoms with Crippen LogP contribution < -0.4 is 5.73 Å². The van der Waals surface area contributed by atoms with Gasteiger partial charge in [0.2, 0.25) is 0 Å². The molecule has 1 atom stereocenters. The van der Waals surface area contributed by atoms with Gasteiger partial charge in [0.05, 0.1) is 0 Å². The van der Waals surface area contributed by atoms with E-state index in [4.69, 9.17) is 5.73 Å². The Kier molecular flexibility index (Phi) is 4.64. The lowest BCUT2D eigenvalue weighted by Gasteiger charge is -2.34. The predicted octanol–water partition coefficient (Wildman–Crippen LogP) is 3.42. The highest BCUT2D eigenvalue weighted by atomic mass is 15.2. The van der Waals surface area contributed by atoms with E-state index in [-0.39, 0.29) is 0 Å². The monoisotopic (exact) mass is 260 g/mol. The number of benzene rings is 1. The molecule has 2 nitrogen and oxygen atoms in total. The zero-order valence-corrected chi connectivity index (χ0v) is 12.8. The van der Waals surface area contributed by atoms with Crippen molar-refractivity contribution in [3.05, 3.63) is 34.9 Å². The third kappa shape index (κ3) is 3.37. The number of aryl methyl sites for hydroxylation is 2. The van der Waals surface area contributed by atoms with Crippen molar-refractivity contribution in [1.82, 2.24) is 4.90 Å². The Balaban J connectivity index is 2.31. The van der Waals surface area contributed by atoms with Gasteiger partial charge in [-0.1, -0.05) is 32.0 Å². The van der Waals surface area contributed by atoms with Crippen molar-refractivity contribution in [2.75, 3.05) is 13.1 Å². The Morgan fingerprint density at radius 2 is 1.79 bits per heavy atom. The molecule has 2 N–H and O–H groups in total. The largest absolute Gasteiger partial charge is 0.329 e. The first-order valence-electron chi connectivity index (χ1n) is 7.56. The Bertz CT molecular complexity index is 401. The van der Waals surface area contributed by atoms with Gasteiger partial charge in [0.25, 0.3) is 0 Å². The summed E-state index contributed by atoms with van der Waals surface area (Å²) in [5.74, 6) is 0.693. The van der Waals surface area contributed by atoms with Gasteiger partial charge >= 0.3 is 0 Å². The van der Waals surface area contributed by atoms with Crippen molar-refractivity contribution in [1.29, 1.82) is 0 Å². The molecule has 1 fully saturated rings. The summed E-state index contributed by atoms with van der Waals surface area (Å²) < 4.78 is 0. The van der Waals surface area contributed by atoms with Crippen molar-refractivity contribution in [3.8, 4) is 0 Å². The lowest BCUT2D eigenvalue weighted by molar-refractivity contribution is 0.168. The van der Waals surface area contributed by atoms with E-state index in [1.54, 1.807) is 0 Å². The van der Waals surface area contributed by atoms with Crippen LogP contribution in [0.1, 0.15) is 49.4 Å². The van der Waals surface area contributed by atoms with E-state index >= 15 is 0 Å². The second kappa shape index (κ2) is 6.06. The molecule has 1 aromatic carbocycles. The van der Waals surface area contributed by atoms with Crippen LogP contribution in [0.2, 0.25) is 0 Å². The van der Waals surface area contributed by atoms with Crippen molar-refractivity contribution in [3.63, 3.8) is 0 Å². The fourth-order valence-electron chi connectivity index (χ4n) is 3.13. The maximum atomic E-state index is 6.14. The lowest BCUT2D eigenvalue weighted by atomic mass is 9.94. The Morgan fingerprint density at radius 3 is 2.21 bits per heavy atom. The molecule has 1 saturated carbocycles. The van der Waals surface area contributed by atoms with Gasteiger partial charge in [0, 0.05) is 25.2 Å². The second-order valence-electron chi connectivity index (χ2n) is 6.38. The maximum absolute atomic E-state index is 6.14. The fraction of sp³-hybridized carbons (Fsp3) is 0.647. The molecule has 1 aliphatic rings. The van der Waals surface area contributed by atoms with Crippen LogP contribution in [0, 0.1) is 19.8 Å². The van der Waals surface area contributed by atoms with Gasteiger partial charge in [-0.15, -0.1) is 0 Å². The lowest BCUT2D eigenvalue weighted by Crippen LogP contribution is -2.38. The van der Waals surface area contributed by atoms with Crippen LogP contribution in [0.3, 0.4) is 0 Å². The predicted molar refractivity (Wildman–Crippen MR) is 82.3 cm³/mol. The van der Waals surface area contributed by atoms with Gasteiger partial charge in [-0.3, -0.25) is 4.90 Å². The Hall–Kier alpha value is -0.860. The van der Waals surface area contributed by atoms with E-state index in [9.17, 15) is 0 Å². The molecule has 2 heteroatoms. The average Bonchev–Trinajstić information content (AvgIpc) is 3.15. The number of nitrogens with zero attached hydrogens (tertiary/aromatic N) is 1. The topological polar surface area (TPSA) is 29.3 Å². The first kappa shape index (κ1) is 14.5. The molecular weight excluding hydrogens is 232 g/mol. The van der Waals surface area contributed by atoms with Crippen LogP contribution in [0.25, 0.3) is 0 Å². The number of hydrogen-bond donors (Lipinski definition) is 1. The third-order valence-corrected chi connectivity index (χ3v) is 4.09. The molecular formula is C17H28N2. The van der Waals surface area contributed by atoms with E-state index in [1.165, 1.54) is 29.5 Å². The van der Waals surface area contributed by atoms with Crippen molar-refractivity contribution < 1.29 is 0 Å². The summed E-state index contributed by atoms with van der Waals surface area (Å²) >= 11 is 0. The van der Waals surface area contributed by atoms with Crippen LogP contribution in [0.5, 0.6) is 0 Å². The molecule has 0 bridgehead atoms. The van der Waals surface area contributed by atoms with Gasteiger partial charge in [-0.2, -0.15) is 0 Å². The minimum atomic E-state index is 0.385. The summed E-state index contributed by atoms with van der Waals surface area (Å²) in [7, 11) is 0. The first-order valence-corrected chi connectivity index (χ1v) is 7.56. The number of hydrogen-bond acceptors (Lipinski definition) is 2. The molecule has 2 rings (SSSR count). The molecule has 19 heavy (non-hydrogen) atoms. The third-order valence-electron chi connectivity index (χ3n) is 4.09. The van der Waals surface area contributed by atoms with E-state index in [1.807, 2.05) is 0 Å². The number of nitrogens with two attached hydrogens (primary N) is 1. The quantitative estimate of drug-likeness (QED) is 0.849. The molecule has 106 valence electrons. The normalized spacial score (nSPS) is 17.2. The maximum Gasteiger partial charge on any atom is 0.0478 e. The molecule has 0 aliphatic heterocycles. The zero-order valence-electron chi connectivity index (χ0n) is 12.8. The van der Waals surface area contributed by atoms with Crippen molar-refractivity contribution >= 4 is 0 Å². The van der Waals surface area contributed by atoms with Gasteiger partial charge in [-0.05, 0) is 49.3 Å². The molecule has 0 heterocycles. The van der Waals surface area contributed by atoms with Gasteiger partial charge in [0.15, 0.2) is 0 Å². The van der Waals surface area contributed by atoms with Crippen LogP contribution in [0.15, 0.2) is 18.2 Å². The summed E-state index contributed by atoms with van der Waals surface area (Å²) in [6, 6.07) is 7.72. The minimum absolute atomic E-state index is 0.385. The highest BCUT2D eigenvalue weighted by molar-refractivity contribution is 5.36. The van der Waals surface area contributed by atoms with E-state index in [2.05, 4.69) is 50.8 Å². The van der Waals surface area contributed by atoms with Gasteiger partial charge < -0.3 is 5.73 Å². The van der Waals surface area contributed by atoms with E-state index in [0.717, 1.165) is 19.1 Å². The Labute approximate surface area is 118 Å². The Morgan fingerprint density at radius 1 is 1.21 bits per heavy atom. The SMILES string of the molecule is Cc1cccc(C)c1C(CN)N(CC(C)C)C1CC1. The molecule has 0 radical (unpaired) electrons.